The molecule has 7 nitrogen and oxygen atoms in total. The number of aromatic nitrogens is 4. The van der Waals surface area contributed by atoms with Gasteiger partial charge in [0, 0.05) is 25.0 Å². The fraction of sp³-hybridized carbons (Fsp3) is 0.333. The van der Waals surface area contributed by atoms with E-state index in [0.717, 1.165) is 30.7 Å². The maximum absolute atomic E-state index is 13.1. The number of amides is 1. The summed E-state index contributed by atoms with van der Waals surface area (Å²) in [7, 11) is 0. The molecule has 0 N–H and O–H groups in total. The lowest BCUT2D eigenvalue weighted by Gasteiger charge is -2.32. The fourth-order valence-electron chi connectivity index (χ4n) is 3.26. The van der Waals surface area contributed by atoms with Crippen molar-refractivity contribution >= 4 is 11.6 Å². The molecule has 1 aliphatic rings. The van der Waals surface area contributed by atoms with Gasteiger partial charge in [0.1, 0.15) is 23.8 Å². The minimum Gasteiger partial charge on any atom is -0.472 e. The van der Waals surface area contributed by atoms with Crippen LogP contribution in [0, 0.1) is 6.92 Å². The number of hydrogen-bond donors (Lipinski definition) is 0. The normalized spacial score (nSPS) is 17.6. The van der Waals surface area contributed by atoms with E-state index in [2.05, 4.69) is 15.0 Å². The number of carbonyl (C=O) groups is 1. The van der Waals surface area contributed by atoms with Crippen molar-refractivity contribution < 1.29 is 9.53 Å². The summed E-state index contributed by atoms with van der Waals surface area (Å²) < 4.78 is 7.76. The first-order valence-corrected chi connectivity index (χ1v) is 8.38. The van der Waals surface area contributed by atoms with E-state index < -0.39 is 0 Å². The standard InChI is InChI=1S/C18H19N5O2/c1-13-17(23-10-3-2-6-15(23)21-13)18(24)22-9-4-5-14(11-22)25-16-7-8-19-12-20-16/h2-3,6-8,10,12,14H,4-5,9,11H2,1H3/t14-/m0/s1. The SMILES string of the molecule is Cc1nc2ccccn2c1C(=O)N1CCC[C@H](Oc2ccncn2)C1. The molecule has 0 bridgehead atoms. The Bertz CT molecular complexity index is 893. The van der Waals surface area contributed by atoms with Crippen molar-refractivity contribution in [1.29, 1.82) is 0 Å². The molecule has 25 heavy (non-hydrogen) atoms. The van der Waals surface area contributed by atoms with Gasteiger partial charge in [-0.25, -0.2) is 15.0 Å². The highest BCUT2D eigenvalue weighted by atomic mass is 16.5. The molecule has 3 aromatic rings. The van der Waals surface area contributed by atoms with Crippen LogP contribution in [0.1, 0.15) is 29.0 Å². The number of rotatable bonds is 3. The van der Waals surface area contributed by atoms with E-state index >= 15 is 0 Å². The van der Waals surface area contributed by atoms with Gasteiger partial charge in [-0.2, -0.15) is 0 Å². The van der Waals surface area contributed by atoms with Crippen LogP contribution in [0.4, 0.5) is 0 Å². The molecule has 1 fully saturated rings. The third-order valence-electron chi connectivity index (χ3n) is 4.41. The first-order valence-electron chi connectivity index (χ1n) is 8.38. The van der Waals surface area contributed by atoms with Crippen LogP contribution in [0.25, 0.3) is 5.65 Å². The Labute approximate surface area is 145 Å². The van der Waals surface area contributed by atoms with E-state index in [1.165, 1.54) is 6.33 Å². The molecule has 1 atom stereocenters. The zero-order valence-corrected chi connectivity index (χ0v) is 14.0. The molecule has 0 radical (unpaired) electrons. The smallest absolute Gasteiger partial charge is 0.272 e. The van der Waals surface area contributed by atoms with Crippen LogP contribution in [0.2, 0.25) is 0 Å². The van der Waals surface area contributed by atoms with E-state index in [-0.39, 0.29) is 12.0 Å². The number of imidazole rings is 1. The van der Waals surface area contributed by atoms with Gasteiger partial charge in [-0.3, -0.25) is 9.20 Å². The predicted molar refractivity (Wildman–Crippen MR) is 91.5 cm³/mol. The lowest BCUT2D eigenvalue weighted by molar-refractivity contribution is 0.0520. The van der Waals surface area contributed by atoms with Crippen molar-refractivity contribution in [3.63, 3.8) is 0 Å². The number of ether oxygens (including phenoxy) is 1. The van der Waals surface area contributed by atoms with Gasteiger partial charge in [-0.05, 0) is 31.9 Å². The number of likely N-dealkylation sites (tertiary alicyclic amines) is 1. The molecule has 128 valence electrons. The topological polar surface area (TPSA) is 72.6 Å². The Morgan fingerprint density at radius 2 is 2.24 bits per heavy atom. The van der Waals surface area contributed by atoms with Crippen molar-refractivity contribution in [2.45, 2.75) is 25.9 Å². The molecular formula is C18H19N5O2. The summed E-state index contributed by atoms with van der Waals surface area (Å²) in [6.07, 6.45) is 6.73. The number of aryl methyl sites for hydroxylation is 1. The second kappa shape index (κ2) is 6.51. The van der Waals surface area contributed by atoms with Crippen LogP contribution >= 0.6 is 0 Å². The predicted octanol–water partition coefficient (Wildman–Crippen LogP) is 2.12. The Hall–Kier alpha value is -2.96. The van der Waals surface area contributed by atoms with Gasteiger partial charge in [0.2, 0.25) is 5.88 Å². The third kappa shape index (κ3) is 3.05. The van der Waals surface area contributed by atoms with Crippen molar-refractivity contribution in [2.75, 3.05) is 13.1 Å². The summed E-state index contributed by atoms with van der Waals surface area (Å²) >= 11 is 0. The monoisotopic (exact) mass is 337 g/mol. The lowest BCUT2D eigenvalue weighted by Crippen LogP contribution is -2.45. The number of fused-ring (bicyclic) bond motifs is 1. The second-order valence-corrected chi connectivity index (χ2v) is 6.16. The molecule has 0 aromatic carbocycles. The van der Waals surface area contributed by atoms with E-state index in [1.807, 2.05) is 40.6 Å². The second-order valence-electron chi connectivity index (χ2n) is 6.16. The largest absolute Gasteiger partial charge is 0.472 e. The van der Waals surface area contributed by atoms with Gasteiger partial charge in [-0.1, -0.05) is 6.07 Å². The summed E-state index contributed by atoms with van der Waals surface area (Å²) in [5, 5.41) is 0. The van der Waals surface area contributed by atoms with Gasteiger partial charge in [0.25, 0.3) is 5.91 Å². The molecule has 1 saturated heterocycles. The average molecular weight is 337 g/mol. The van der Waals surface area contributed by atoms with E-state index in [1.54, 1.807) is 12.3 Å². The van der Waals surface area contributed by atoms with Crippen molar-refractivity contribution in [2.24, 2.45) is 0 Å². The number of pyridine rings is 1. The number of carbonyl (C=O) groups excluding carboxylic acids is 1. The fourth-order valence-corrected chi connectivity index (χ4v) is 3.26. The quantitative estimate of drug-likeness (QED) is 0.732. The van der Waals surface area contributed by atoms with Crippen LogP contribution in [-0.2, 0) is 0 Å². The highest BCUT2D eigenvalue weighted by Crippen LogP contribution is 2.20. The van der Waals surface area contributed by atoms with Crippen LogP contribution in [0.3, 0.4) is 0 Å². The Balaban J connectivity index is 1.54. The Kier molecular flexibility index (Phi) is 4.05. The summed E-state index contributed by atoms with van der Waals surface area (Å²) in [6.45, 7) is 3.14. The van der Waals surface area contributed by atoms with Crippen LogP contribution in [-0.4, -0.2) is 49.4 Å². The molecule has 0 saturated carbocycles. The maximum atomic E-state index is 13.1. The lowest BCUT2D eigenvalue weighted by atomic mass is 10.1. The van der Waals surface area contributed by atoms with Gasteiger partial charge in [0.15, 0.2) is 0 Å². The number of nitrogens with zero attached hydrogens (tertiary/aromatic N) is 5. The molecule has 3 aromatic heterocycles. The molecule has 7 heteroatoms. The molecule has 0 unspecified atom stereocenters. The van der Waals surface area contributed by atoms with E-state index in [4.69, 9.17) is 4.74 Å². The molecule has 1 amide bonds. The van der Waals surface area contributed by atoms with Crippen molar-refractivity contribution in [3.8, 4) is 5.88 Å². The van der Waals surface area contributed by atoms with Crippen LogP contribution < -0.4 is 4.74 Å². The highest BCUT2D eigenvalue weighted by molar-refractivity contribution is 5.94. The van der Waals surface area contributed by atoms with Crippen LogP contribution in [0.5, 0.6) is 5.88 Å². The Morgan fingerprint density at radius 1 is 1.32 bits per heavy atom. The van der Waals surface area contributed by atoms with Crippen molar-refractivity contribution in [1.82, 2.24) is 24.3 Å². The first kappa shape index (κ1) is 15.6. The van der Waals surface area contributed by atoms with E-state index in [0.29, 0.717) is 18.1 Å². The first-order chi connectivity index (χ1) is 12.2. The molecule has 4 heterocycles. The van der Waals surface area contributed by atoms with Gasteiger partial charge >= 0.3 is 0 Å². The van der Waals surface area contributed by atoms with Gasteiger partial charge in [-0.15, -0.1) is 0 Å². The zero-order valence-electron chi connectivity index (χ0n) is 14.0. The van der Waals surface area contributed by atoms with Gasteiger partial charge in [0.05, 0.1) is 12.2 Å². The molecule has 1 aliphatic heterocycles. The summed E-state index contributed by atoms with van der Waals surface area (Å²) in [6, 6.07) is 7.46. The van der Waals surface area contributed by atoms with Crippen LogP contribution in [0.15, 0.2) is 43.0 Å². The van der Waals surface area contributed by atoms with Gasteiger partial charge < -0.3 is 9.64 Å². The van der Waals surface area contributed by atoms with Crippen molar-refractivity contribution in [3.05, 3.63) is 54.4 Å². The highest BCUT2D eigenvalue weighted by Gasteiger charge is 2.28. The Morgan fingerprint density at radius 3 is 3.08 bits per heavy atom. The zero-order chi connectivity index (χ0) is 17.2. The summed E-state index contributed by atoms with van der Waals surface area (Å²) in [5.41, 5.74) is 2.16. The average Bonchev–Trinajstić information content (AvgIpc) is 2.98. The third-order valence-corrected chi connectivity index (χ3v) is 4.41. The molecule has 4 rings (SSSR count). The molecule has 0 spiro atoms. The number of hydrogen-bond acceptors (Lipinski definition) is 5. The minimum absolute atomic E-state index is 0.00723. The minimum atomic E-state index is -0.0629. The maximum Gasteiger partial charge on any atom is 0.272 e. The molecule has 0 aliphatic carbocycles. The molecular weight excluding hydrogens is 318 g/mol. The summed E-state index contributed by atoms with van der Waals surface area (Å²) in [5.74, 6) is 0.535. The summed E-state index contributed by atoms with van der Waals surface area (Å²) in [4.78, 5) is 27.4. The van der Waals surface area contributed by atoms with E-state index in [9.17, 15) is 4.79 Å². The number of piperidine rings is 1.